The SMILES string of the molecule is Cc1cc(C)nc(NC(=NCc2cccs2)NC(=O)NC23CC4CC(CC(C4)C2)C3)n1. The molecule has 8 heteroatoms. The van der Waals surface area contributed by atoms with Crippen molar-refractivity contribution < 1.29 is 4.79 Å². The van der Waals surface area contributed by atoms with E-state index in [-0.39, 0.29) is 11.6 Å². The summed E-state index contributed by atoms with van der Waals surface area (Å²) in [5.74, 6) is 3.15. The van der Waals surface area contributed by atoms with Gasteiger partial charge >= 0.3 is 6.03 Å². The number of rotatable bonds is 4. The molecule has 0 radical (unpaired) electrons. The van der Waals surface area contributed by atoms with Gasteiger partial charge in [0.25, 0.3) is 0 Å². The molecule has 4 bridgehead atoms. The van der Waals surface area contributed by atoms with Gasteiger partial charge in [-0.3, -0.25) is 10.6 Å². The van der Waals surface area contributed by atoms with E-state index in [1.165, 1.54) is 19.3 Å². The molecule has 2 amide bonds. The van der Waals surface area contributed by atoms with E-state index < -0.39 is 0 Å². The summed E-state index contributed by atoms with van der Waals surface area (Å²) in [6, 6.07) is 5.77. The van der Waals surface area contributed by atoms with Crippen molar-refractivity contribution in [2.24, 2.45) is 22.7 Å². The number of hydrogen-bond donors (Lipinski definition) is 3. The lowest BCUT2D eigenvalue weighted by atomic mass is 9.53. The predicted molar refractivity (Wildman–Crippen MR) is 123 cm³/mol. The number of amides is 2. The Bertz CT molecular complexity index is 930. The molecule has 0 spiro atoms. The highest BCUT2D eigenvalue weighted by Crippen LogP contribution is 2.55. The molecule has 0 unspecified atom stereocenters. The maximum Gasteiger partial charge on any atom is 0.321 e. The zero-order valence-corrected chi connectivity index (χ0v) is 19.0. The van der Waals surface area contributed by atoms with E-state index in [1.54, 1.807) is 11.3 Å². The van der Waals surface area contributed by atoms with Crippen LogP contribution in [-0.4, -0.2) is 27.5 Å². The zero-order chi connectivity index (χ0) is 21.4. The summed E-state index contributed by atoms with van der Waals surface area (Å²) < 4.78 is 0. The number of carbonyl (C=O) groups is 1. The Hall–Kier alpha value is -2.48. The summed E-state index contributed by atoms with van der Waals surface area (Å²) in [7, 11) is 0. The second-order valence-electron chi connectivity index (χ2n) is 9.62. The van der Waals surface area contributed by atoms with Crippen molar-refractivity contribution in [1.29, 1.82) is 0 Å². The normalized spacial score (nSPS) is 29.1. The van der Waals surface area contributed by atoms with Crippen LogP contribution < -0.4 is 16.0 Å². The fourth-order valence-electron chi connectivity index (χ4n) is 6.20. The molecule has 164 valence electrons. The van der Waals surface area contributed by atoms with Crippen LogP contribution in [0.4, 0.5) is 10.7 Å². The first kappa shape index (κ1) is 20.4. The summed E-state index contributed by atoms with van der Waals surface area (Å²) in [6.45, 7) is 4.34. The van der Waals surface area contributed by atoms with E-state index in [0.717, 1.165) is 53.3 Å². The van der Waals surface area contributed by atoms with Gasteiger partial charge in [0.05, 0.1) is 6.54 Å². The van der Waals surface area contributed by atoms with Crippen molar-refractivity contribution in [3.63, 3.8) is 0 Å². The minimum atomic E-state index is -0.191. The second-order valence-corrected chi connectivity index (χ2v) is 10.7. The second kappa shape index (κ2) is 8.22. The number of guanidine groups is 1. The van der Waals surface area contributed by atoms with Gasteiger partial charge in [0.15, 0.2) is 0 Å². The fourth-order valence-corrected chi connectivity index (χ4v) is 6.83. The Labute approximate surface area is 187 Å². The number of anilines is 1. The topological polar surface area (TPSA) is 91.3 Å². The first-order valence-electron chi connectivity index (χ1n) is 11.2. The Morgan fingerprint density at radius 3 is 2.35 bits per heavy atom. The van der Waals surface area contributed by atoms with Crippen molar-refractivity contribution >= 4 is 29.3 Å². The molecule has 7 nitrogen and oxygen atoms in total. The van der Waals surface area contributed by atoms with Crippen molar-refractivity contribution in [1.82, 2.24) is 20.6 Å². The minimum Gasteiger partial charge on any atom is -0.332 e. The first-order chi connectivity index (χ1) is 14.9. The van der Waals surface area contributed by atoms with Crippen LogP contribution in [-0.2, 0) is 6.54 Å². The molecule has 0 saturated heterocycles. The average Bonchev–Trinajstić information content (AvgIpc) is 3.17. The summed E-state index contributed by atoms with van der Waals surface area (Å²) >= 11 is 1.64. The Morgan fingerprint density at radius 1 is 1.13 bits per heavy atom. The van der Waals surface area contributed by atoms with Gasteiger partial charge in [-0.2, -0.15) is 0 Å². The number of urea groups is 1. The maximum atomic E-state index is 13.0. The van der Waals surface area contributed by atoms with Crippen LogP contribution in [0.25, 0.3) is 0 Å². The maximum absolute atomic E-state index is 13.0. The number of hydrogen-bond acceptors (Lipinski definition) is 5. The fraction of sp³-hybridized carbons (Fsp3) is 0.565. The predicted octanol–water partition coefficient (Wildman–Crippen LogP) is 4.39. The van der Waals surface area contributed by atoms with E-state index in [0.29, 0.717) is 18.5 Å². The number of nitrogens with zero attached hydrogens (tertiary/aromatic N) is 3. The molecule has 2 heterocycles. The van der Waals surface area contributed by atoms with E-state index in [9.17, 15) is 4.79 Å². The molecule has 0 aliphatic heterocycles. The van der Waals surface area contributed by atoms with Crippen molar-refractivity contribution in [3.05, 3.63) is 39.8 Å². The lowest BCUT2D eigenvalue weighted by molar-refractivity contribution is -0.0132. The molecule has 4 saturated carbocycles. The summed E-state index contributed by atoms with van der Waals surface area (Å²) in [5.41, 5.74) is 1.69. The molecule has 0 atom stereocenters. The minimum absolute atomic E-state index is 0.0475. The molecule has 4 fully saturated rings. The monoisotopic (exact) mass is 438 g/mol. The number of nitrogens with one attached hydrogen (secondary N) is 3. The van der Waals surface area contributed by atoms with Gasteiger partial charge in [0.2, 0.25) is 11.9 Å². The molecule has 31 heavy (non-hydrogen) atoms. The number of thiophene rings is 1. The highest BCUT2D eigenvalue weighted by atomic mass is 32.1. The smallest absolute Gasteiger partial charge is 0.321 e. The lowest BCUT2D eigenvalue weighted by Crippen LogP contribution is -2.62. The van der Waals surface area contributed by atoms with Crippen molar-refractivity contribution in [3.8, 4) is 0 Å². The molecule has 2 aromatic heterocycles. The van der Waals surface area contributed by atoms with Gasteiger partial charge in [0.1, 0.15) is 0 Å². The Morgan fingerprint density at radius 2 is 1.77 bits per heavy atom. The number of carbonyl (C=O) groups excluding carboxylic acids is 1. The van der Waals surface area contributed by atoms with Crippen molar-refractivity contribution in [2.45, 2.75) is 64.5 Å². The van der Waals surface area contributed by atoms with Gasteiger partial charge < -0.3 is 5.32 Å². The largest absolute Gasteiger partial charge is 0.332 e. The van der Waals surface area contributed by atoms with E-state index in [4.69, 9.17) is 0 Å². The third-order valence-electron chi connectivity index (χ3n) is 6.83. The van der Waals surface area contributed by atoms with Crippen LogP contribution in [0.1, 0.15) is 54.8 Å². The van der Waals surface area contributed by atoms with Gasteiger partial charge in [-0.1, -0.05) is 6.07 Å². The van der Waals surface area contributed by atoms with Crippen LogP contribution in [0, 0.1) is 31.6 Å². The molecular formula is C23H30N6OS. The molecule has 4 aliphatic rings. The molecule has 0 aromatic carbocycles. The highest BCUT2D eigenvalue weighted by Gasteiger charge is 2.51. The quantitative estimate of drug-likeness (QED) is 0.488. The summed E-state index contributed by atoms with van der Waals surface area (Å²) in [4.78, 5) is 27.7. The molecule has 2 aromatic rings. The van der Waals surface area contributed by atoms with Crippen LogP contribution in [0.3, 0.4) is 0 Å². The van der Waals surface area contributed by atoms with E-state index in [1.807, 2.05) is 37.4 Å². The summed E-state index contributed by atoms with van der Waals surface area (Å²) in [6.07, 6.45) is 7.39. The average molecular weight is 439 g/mol. The lowest BCUT2D eigenvalue weighted by Gasteiger charge is -2.56. The molecule has 6 rings (SSSR count). The van der Waals surface area contributed by atoms with Crippen LogP contribution in [0.5, 0.6) is 0 Å². The van der Waals surface area contributed by atoms with Crippen LogP contribution in [0.2, 0.25) is 0 Å². The third-order valence-corrected chi connectivity index (χ3v) is 7.70. The molecule has 3 N–H and O–H groups in total. The Kier molecular flexibility index (Phi) is 5.42. The molecular weight excluding hydrogens is 408 g/mol. The van der Waals surface area contributed by atoms with E-state index >= 15 is 0 Å². The summed E-state index contributed by atoms with van der Waals surface area (Å²) in [5, 5.41) is 11.5. The third kappa shape index (κ3) is 4.74. The number of aliphatic imine (C=N–C) groups is 1. The van der Waals surface area contributed by atoms with Gasteiger partial charge in [0, 0.05) is 21.8 Å². The standard InChI is InChI=1S/C23H30N6OS/c1-14-6-15(2)26-21(25-14)27-20(24-13-19-4-3-5-31-19)28-22(30)29-23-10-16-7-17(11-23)9-18(8-16)12-23/h3-6,16-18H,7-13H2,1-2H3,(H3,24,25,26,27,28,29,30). The first-order valence-corrected chi connectivity index (χ1v) is 12.1. The number of aromatic nitrogens is 2. The van der Waals surface area contributed by atoms with Crippen LogP contribution in [0.15, 0.2) is 28.6 Å². The van der Waals surface area contributed by atoms with Gasteiger partial charge in [-0.05, 0) is 87.6 Å². The van der Waals surface area contributed by atoms with Gasteiger partial charge in [-0.25, -0.2) is 19.8 Å². The zero-order valence-electron chi connectivity index (χ0n) is 18.1. The van der Waals surface area contributed by atoms with E-state index in [2.05, 4.69) is 30.9 Å². The Balaban J connectivity index is 1.30. The molecule has 4 aliphatic carbocycles. The van der Waals surface area contributed by atoms with Crippen molar-refractivity contribution in [2.75, 3.05) is 5.32 Å². The van der Waals surface area contributed by atoms with Crippen LogP contribution >= 0.6 is 11.3 Å². The number of aryl methyl sites for hydroxylation is 2. The van der Waals surface area contributed by atoms with Gasteiger partial charge in [-0.15, -0.1) is 11.3 Å². The highest BCUT2D eigenvalue weighted by molar-refractivity contribution is 7.09.